The minimum atomic E-state index is 0.0398. The molecule has 1 atom stereocenters. The molecule has 1 aliphatic rings. The highest BCUT2D eigenvalue weighted by Gasteiger charge is 2.24. The number of carbonyl (C=O) groups is 1. The lowest BCUT2D eigenvalue weighted by molar-refractivity contribution is 0.0694. The number of hydrogen-bond acceptors (Lipinski definition) is 3. The second kappa shape index (κ2) is 6.94. The highest BCUT2D eigenvalue weighted by Crippen LogP contribution is 2.17. The molecule has 2 heterocycles. The number of aromatic amines is 1. The fourth-order valence-electron chi connectivity index (χ4n) is 2.77. The SMILES string of the molecule is O=C(c1cn[nH]c1)N1CCC[C@H](NCc2ccccc2Cl)C1. The number of likely N-dealkylation sites (tertiary alicyclic amines) is 1. The molecule has 1 fully saturated rings. The Morgan fingerprint density at radius 1 is 1.45 bits per heavy atom. The van der Waals surface area contributed by atoms with Gasteiger partial charge in [-0.25, -0.2) is 0 Å². The Balaban J connectivity index is 1.57. The van der Waals surface area contributed by atoms with Crippen molar-refractivity contribution in [3.63, 3.8) is 0 Å². The van der Waals surface area contributed by atoms with Gasteiger partial charge in [0.25, 0.3) is 5.91 Å². The third-order valence-corrected chi connectivity index (χ3v) is 4.36. The van der Waals surface area contributed by atoms with E-state index in [2.05, 4.69) is 15.5 Å². The van der Waals surface area contributed by atoms with Gasteiger partial charge in [-0.2, -0.15) is 5.10 Å². The minimum absolute atomic E-state index is 0.0398. The highest BCUT2D eigenvalue weighted by molar-refractivity contribution is 6.31. The Labute approximate surface area is 134 Å². The molecule has 2 aromatic rings. The minimum Gasteiger partial charge on any atom is -0.337 e. The topological polar surface area (TPSA) is 61.0 Å². The molecule has 0 spiro atoms. The van der Waals surface area contributed by atoms with Crippen LogP contribution >= 0.6 is 11.6 Å². The van der Waals surface area contributed by atoms with E-state index in [1.165, 1.54) is 0 Å². The van der Waals surface area contributed by atoms with Crippen LogP contribution in [0.1, 0.15) is 28.8 Å². The molecule has 1 aromatic carbocycles. The summed E-state index contributed by atoms with van der Waals surface area (Å²) in [5, 5.41) is 10.8. The lowest BCUT2D eigenvalue weighted by Crippen LogP contribution is -2.47. The molecule has 22 heavy (non-hydrogen) atoms. The number of benzene rings is 1. The smallest absolute Gasteiger partial charge is 0.257 e. The molecule has 1 aromatic heterocycles. The number of H-pyrrole nitrogens is 1. The zero-order valence-electron chi connectivity index (χ0n) is 12.3. The predicted molar refractivity (Wildman–Crippen MR) is 85.8 cm³/mol. The molecule has 0 unspecified atom stereocenters. The van der Waals surface area contributed by atoms with Crippen molar-refractivity contribution in [3.8, 4) is 0 Å². The van der Waals surface area contributed by atoms with E-state index in [1.54, 1.807) is 12.4 Å². The molecule has 6 heteroatoms. The summed E-state index contributed by atoms with van der Waals surface area (Å²) in [6, 6.07) is 8.12. The monoisotopic (exact) mass is 318 g/mol. The van der Waals surface area contributed by atoms with Gasteiger partial charge in [0.15, 0.2) is 0 Å². The van der Waals surface area contributed by atoms with Crippen LogP contribution in [0.4, 0.5) is 0 Å². The fourth-order valence-corrected chi connectivity index (χ4v) is 2.98. The summed E-state index contributed by atoms with van der Waals surface area (Å²) in [4.78, 5) is 14.2. The molecule has 0 bridgehead atoms. The molecule has 1 amide bonds. The quantitative estimate of drug-likeness (QED) is 0.910. The van der Waals surface area contributed by atoms with Crippen LogP contribution in [0.2, 0.25) is 5.02 Å². The maximum atomic E-state index is 12.4. The van der Waals surface area contributed by atoms with Gasteiger partial charge in [-0.05, 0) is 24.5 Å². The molecule has 0 radical (unpaired) electrons. The van der Waals surface area contributed by atoms with E-state index in [0.717, 1.165) is 36.5 Å². The average molecular weight is 319 g/mol. The summed E-state index contributed by atoms with van der Waals surface area (Å²) in [6.07, 6.45) is 5.29. The van der Waals surface area contributed by atoms with Gasteiger partial charge in [0.05, 0.1) is 11.8 Å². The molecule has 1 aliphatic heterocycles. The summed E-state index contributed by atoms with van der Waals surface area (Å²) in [6.45, 7) is 2.24. The van der Waals surface area contributed by atoms with Gasteiger partial charge in [-0.3, -0.25) is 9.89 Å². The van der Waals surface area contributed by atoms with Crippen LogP contribution in [-0.2, 0) is 6.54 Å². The third-order valence-electron chi connectivity index (χ3n) is 3.99. The molecule has 0 saturated carbocycles. The first kappa shape index (κ1) is 15.1. The fraction of sp³-hybridized carbons (Fsp3) is 0.375. The van der Waals surface area contributed by atoms with Gasteiger partial charge < -0.3 is 10.2 Å². The number of carbonyl (C=O) groups excluding carboxylic acids is 1. The number of halogens is 1. The zero-order chi connectivity index (χ0) is 15.4. The predicted octanol–water partition coefficient (Wildman–Crippen LogP) is 2.46. The van der Waals surface area contributed by atoms with Crippen molar-refractivity contribution < 1.29 is 4.79 Å². The molecular formula is C16H19ClN4O. The van der Waals surface area contributed by atoms with Crippen molar-refractivity contribution >= 4 is 17.5 Å². The van der Waals surface area contributed by atoms with E-state index in [-0.39, 0.29) is 5.91 Å². The molecule has 5 nitrogen and oxygen atoms in total. The van der Waals surface area contributed by atoms with Gasteiger partial charge in [-0.15, -0.1) is 0 Å². The second-order valence-electron chi connectivity index (χ2n) is 5.55. The summed E-state index contributed by atoms with van der Waals surface area (Å²) in [7, 11) is 0. The van der Waals surface area contributed by atoms with Crippen LogP contribution in [0.3, 0.4) is 0 Å². The summed E-state index contributed by atoms with van der Waals surface area (Å²) in [5.74, 6) is 0.0398. The Bertz CT molecular complexity index is 629. The summed E-state index contributed by atoms with van der Waals surface area (Å²) >= 11 is 6.17. The first-order valence-electron chi connectivity index (χ1n) is 7.49. The first-order valence-corrected chi connectivity index (χ1v) is 7.86. The number of amides is 1. The molecule has 116 valence electrons. The Hall–Kier alpha value is -1.85. The standard InChI is InChI=1S/C16H19ClN4O/c17-15-6-2-1-4-12(15)8-18-14-5-3-7-21(11-14)16(22)13-9-19-20-10-13/h1-2,4,6,9-10,14,18H,3,5,7-8,11H2,(H,19,20)/t14-/m0/s1. The van der Waals surface area contributed by atoms with Crippen molar-refractivity contribution in [3.05, 3.63) is 52.8 Å². The van der Waals surface area contributed by atoms with E-state index in [1.807, 2.05) is 29.2 Å². The van der Waals surface area contributed by atoms with Crippen LogP contribution in [0, 0.1) is 0 Å². The average Bonchev–Trinajstić information content (AvgIpc) is 3.08. The maximum absolute atomic E-state index is 12.4. The number of hydrogen-bond donors (Lipinski definition) is 2. The number of nitrogens with zero attached hydrogens (tertiary/aromatic N) is 2. The normalized spacial score (nSPS) is 18.4. The van der Waals surface area contributed by atoms with Crippen molar-refractivity contribution in [1.29, 1.82) is 0 Å². The zero-order valence-corrected chi connectivity index (χ0v) is 13.0. The van der Waals surface area contributed by atoms with Crippen LogP contribution in [0.15, 0.2) is 36.7 Å². The Kier molecular flexibility index (Phi) is 4.75. The summed E-state index contributed by atoms with van der Waals surface area (Å²) < 4.78 is 0. The maximum Gasteiger partial charge on any atom is 0.257 e. The molecule has 2 N–H and O–H groups in total. The second-order valence-corrected chi connectivity index (χ2v) is 5.96. The van der Waals surface area contributed by atoms with Crippen molar-refractivity contribution in [2.24, 2.45) is 0 Å². The molecular weight excluding hydrogens is 300 g/mol. The lowest BCUT2D eigenvalue weighted by atomic mass is 10.0. The Morgan fingerprint density at radius 2 is 2.32 bits per heavy atom. The van der Waals surface area contributed by atoms with Crippen LogP contribution < -0.4 is 5.32 Å². The van der Waals surface area contributed by atoms with Crippen molar-refractivity contribution in [2.75, 3.05) is 13.1 Å². The van der Waals surface area contributed by atoms with E-state index >= 15 is 0 Å². The Morgan fingerprint density at radius 3 is 3.09 bits per heavy atom. The van der Waals surface area contributed by atoms with Crippen molar-refractivity contribution in [2.45, 2.75) is 25.4 Å². The number of aromatic nitrogens is 2. The van der Waals surface area contributed by atoms with Gasteiger partial charge >= 0.3 is 0 Å². The first-order chi connectivity index (χ1) is 10.7. The number of rotatable bonds is 4. The third kappa shape index (κ3) is 3.48. The van der Waals surface area contributed by atoms with Gasteiger partial charge in [0.2, 0.25) is 0 Å². The number of nitrogens with one attached hydrogen (secondary N) is 2. The van der Waals surface area contributed by atoms with Gasteiger partial charge in [0, 0.05) is 36.9 Å². The van der Waals surface area contributed by atoms with Crippen LogP contribution in [0.25, 0.3) is 0 Å². The largest absolute Gasteiger partial charge is 0.337 e. The molecule has 1 saturated heterocycles. The lowest BCUT2D eigenvalue weighted by Gasteiger charge is -2.33. The van der Waals surface area contributed by atoms with Crippen LogP contribution in [-0.4, -0.2) is 40.1 Å². The van der Waals surface area contributed by atoms with E-state index in [0.29, 0.717) is 18.2 Å². The van der Waals surface area contributed by atoms with Crippen LogP contribution in [0.5, 0.6) is 0 Å². The number of piperidine rings is 1. The van der Waals surface area contributed by atoms with Gasteiger partial charge in [0.1, 0.15) is 0 Å². The van der Waals surface area contributed by atoms with Crippen molar-refractivity contribution in [1.82, 2.24) is 20.4 Å². The molecule has 0 aliphatic carbocycles. The van der Waals surface area contributed by atoms with E-state index in [4.69, 9.17) is 11.6 Å². The van der Waals surface area contributed by atoms with Gasteiger partial charge in [-0.1, -0.05) is 29.8 Å². The van der Waals surface area contributed by atoms with E-state index in [9.17, 15) is 4.79 Å². The highest BCUT2D eigenvalue weighted by atomic mass is 35.5. The summed E-state index contributed by atoms with van der Waals surface area (Å²) in [5.41, 5.74) is 1.70. The van der Waals surface area contributed by atoms with E-state index < -0.39 is 0 Å². The molecule has 3 rings (SSSR count).